The Kier molecular flexibility index (Phi) is 5.01. The Labute approximate surface area is 165 Å². The van der Waals surface area contributed by atoms with Crippen molar-refractivity contribution in [2.45, 2.75) is 17.9 Å². The third-order valence-electron chi connectivity index (χ3n) is 4.18. The highest BCUT2D eigenvalue weighted by Crippen LogP contribution is 2.31. The SMILES string of the molecule is O=C1CCSc2ccc(C(=O)OCc3cc4ccccc4nc3Cl)cc2N1. The van der Waals surface area contributed by atoms with Crippen LogP contribution in [-0.4, -0.2) is 22.6 Å². The van der Waals surface area contributed by atoms with Crippen molar-refractivity contribution in [3.63, 3.8) is 0 Å². The smallest absolute Gasteiger partial charge is 0.338 e. The number of amides is 1. The van der Waals surface area contributed by atoms with E-state index in [2.05, 4.69) is 10.3 Å². The molecule has 1 aromatic heterocycles. The van der Waals surface area contributed by atoms with Gasteiger partial charge in [0.1, 0.15) is 11.8 Å². The highest BCUT2D eigenvalue weighted by molar-refractivity contribution is 7.99. The Morgan fingerprint density at radius 2 is 2.07 bits per heavy atom. The molecule has 3 aromatic rings. The molecule has 27 heavy (non-hydrogen) atoms. The van der Waals surface area contributed by atoms with Gasteiger partial charge in [0.15, 0.2) is 0 Å². The van der Waals surface area contributed by atoms with Gasteiger partial charge in [-0.25, -0.2) is 9.78 Å². The zero-order valence-corrected chi connectivity index (χ0v) is 15.8. The van der Waals surface area contributed by atoms with Gasteiger partial charge in [0, 0.05) is 28.0 Å². The number of rotatable bonds is 3. The first kappa shape index (κ1) is 17.8. The molecule has 1 amide bonds. The molecular formula is C20H15ClN2O3S. The van der Waals surface area contributed by atoms with Crippen LogP contribution in [0.4, 0.5) is 5.69 Å². The molecule has 1 aliphatic heterocycles. The number of halogens is 1. The number of aromatic nitrogens is 1. The second-order valence-electron chi connectivity index (χ2n) is 6.06. The van der Waals surface area contributed by atoms with E-state index in [0.717, 1.165) is 21.6 Å². The zero-order valence-electron chi connectivity index (χ0n) is 14.2. The second kappa shape index (κ2) is 7.58. The van der Waals surface area contributed by atoms with E-state index in [9.17, 15) is 9.59 Å². The van der Waals surface area contributed by atoms with Gasteiger partial charge in [0.2, 0.25) is 5.91 Å². The van der Waals surface area contributed by atoms with E-state index in [1.165, 1.54) is 0 Å². The predicted molar refractivity (Wildman–Crippen MR) is 106 cm³/mol. The van der Waals surface area contributed by atoms with Gasteiger partial charge < -0.3 is 10.1 Å². The molecule has 4 rings (SSSR count). The number of carbonyl (C=O) groups excluding carboxylic acids is 2. The van der Waals surface area contributed by atoms with Gasteiger partial charge in [-0.05, 0) is 30.3 Å². The lowest BCUT2D eigenvalue weighted by Gasteiger charge is -2.10. The molecular weight excluding hydrogens is 384 g/mol. The Bertz CT molecular complexity index is 1050. The first-order chi connectivity index (χ1) is 13.1. The molecule has 7 heteroatoms. The molecule has 2 heterocycles. The molecule has 0 spiro atoms. The molecule has 0 fully saturated rings. The summed E-state index contributed by atoms with van der Waals surface area (Å²) in [5, 5.41) is 4.06. The standard InChI is InChI=1S/C20H15ClN2O3S/c21-19-14(9-12-3-1-2-4-15(12)23-19)11-26-20(25)13-5-6-17-16(10-13)22-18(24)7-8-27-17/h1-6,9-10H,7-8,11H2,(H,22,24). The van der Waals surface area contributed by atoms with Gasteiger partial charge in [-0.1, -0.05) is 29.8 Å². The van der Waals surface area contributed by atoms with Crippen molar-refractivity contribution in [3.8, 4) is 0 Å². The second-order valence-corrected chi connectivity index (χ2v) is 7.56. The summed E-state index contributed by atoms with van der Waals surface area (Å²) in [6, 6.07) is 14.6. The molecule has 1 N–H and O–H groups in total. The monoisotopic (exact) mass is 398 g/mol. The van der Waals surface area contributed by atoms with Crippen molar-refractivity contribution in [2.75, 3.05) is 11.1 Å². The van der Waals surface area contributed by atoms with Gasteiger partial charge in [-0.15, -0.1) is 11.8 Å². The minimum atomic E-state index is -0.481. The lowest BCUT2D eigenvalue weighted by molar-refractivity contribution is -0.115. The Morgan fingerprint density at radius 1 is 1.22 bits per heavy atom. The average Bonchev–Trinajstić information content (AvgIpc) is 2.85. The van der Waals surface area contributed by atoms with E-state index in [1.54, 1.807) is 23.9 Å². The van der Waals surface area contributed by atoms with E-state index in [1.807, 2.05) is 36.4 Å². The fraction of sp³-hybridized carbons (Fsp3) is 0.150. The summed E-state index contributed by atoms with van der Waals surface area (Å²) < 4.78 is 5.41. The zero-order chi connectivity index (χ0) is 18.8. The van der Waals surface area contributed by atoms with Crippen LogP contribution in [0, 0.1) is 0 Å². The van der Waals surface area contributed by atoms with E-state index >= 15 is 0 Å². The number of ether oxygens (including phenoxy) is 1. The van der Waals surface area contributed by atoms with Crippen LogP contribution in [0.25, 0.3) is 10.9 Å². The van der Waals surface area contributed by atoms with Crippen LogP contribution in [0.15, 0.2) is 53.4 Å². The molecule has 0 aliphatic carbocycles. The number of para-hydroxylation sites is 1. The summed E-state index contributed by atoms with van der Waals surface area (Å²) in [4.78, 5) is 29.4. The predicted octanol–water partition coefficient (Wildman–Crippen LogP) is 4.68. The Morgan fingerprint density at radius 3 is 2.96 bits per heavy atom. The molecule has 0 unspecified atom stereocenters. The minimum absolute atomic E-state index is 0.0215. The number of nitrogens with one attached hydrogen (secondary N) is 1. The highest BCUT2D eigenvalue weighted by atomic mass is 35.5. The Balaban J connectivity index is 1.51. The van der Waals surface area contributed by atoms with Gasteiger partial charge in [-0.2, -0.15) is 0 Å². The first-order valence-electron chi connectivity index (χ1n) is 8.38. The lowest BCUT2D eigenvalue weighted by atomic mass is 10.1. The third kappa shape index (κ3) is 3.91. The molecule has 0 saturated carbocycles. The average molecular weight is 399 g/mol. The minimum Gasteiger partial charge on any atom is -0.457 e. The first-order valence-corrected chi connectivity index (χ1v) is 9.74. The van der Waals surface area contributed by atoms with Gasteiger partial charge in [0.25, 0.3) is 0 Å². The fourth-order valence-corrected chi connectivity index (χ4v) is 3.95. The fourth-order valence-electron chi connectivity index (χ4n) is 2.81. The number of fused-ring (bicyclic) bond motifs is 2. The number of thioether (sulfide) groups is 1. The van der Waals surface area contributed by atoms with Crippen molar-refractivity contribution >= 4 is 51.8 Å². The number of hydrogen-bond acceptors (Lipinski definition) is 5. The molecule has 0 radical (unpaired) electrons. The van der Waals surface area contributed by atoms with Crippen molar-refractivity contribution in [3.05, 3.63) is 64.8 Å². The molecule has 5 nitrogen and oxygen atoms in total. The van der Waals surface area contributed by atoms with Gasteiger partial charge >= 0.3 is 5.97 Å². The van der Waals surface area contributed by atoms with Crippen LogP contribution in [0.3, 0.4) is 0 Å². The molecule has 1 aliphatic rings. The largest absolute Gasteiger partial charge is 0.457 e. The van der Waals surface area contributed by atoms with Crippen molar-refractivity contribution in [1.29, 1.82) is 0 Å². The summed E-state index contributed by atoms with van der Waals surface area (Å²) in [7, 11) is 0. The topological polar surface area (TPSA) is 68.3 Å². The molecule has 0 bridgehead atoms. The summed E-state index contributed by atoms with van der Waals surface area (Å²) in [6.45, 7) is 0.0215. The van der Waals surface area contributed by atoms with E-state index in [-0.39, 0.29) is 12.5 Å². The summed E-state index contributed by atoms with van der Waals surface area (Å²) in [5.41, 5.74) is 2.45. The maximum Gasteiger partial charge on any atom is 0.338 e. The number of esters is 1. The van der Waals surface area contributed by atoms with E-state index in [4.69, 9.17) is 16.3 Å². The number of benzene rings is 2. The third-order valence-corrected chi connectivity index (χ3v) is 5.59. The van der Waals surface area contributed by atoms with Crippen LogP contribution in [0.5, 0.6) is 0 Å². The number of hydrogen-bond donors (Lipinski definition) is 1. The number of carbonyl (C=O) groups is 2. The van der Waals surface area contributed by atoms with Gasteiger partial charge in [-0.3, -0.25) is 4.79 Å². The quantitative estimate of drug-likeness (QED) is 0.512. The molecule has 0 saturated heterocycles. The van der Waals surface area contributed by atoms with Crippen LogP contribution in [0.1, 0.15) is 22.3 Å². The summed E-state index contributed by atoms with van der Waals surface area (Å²) in [6.07, 6.45) is 0.451. The number of nitrogens with zero attached hydrogens (tertiary/aromatic N) is 1. The molecule has 0 atom stereocenters. The molecule has 136 valence electrons. The van der Waals surface area contributed by atoms with E-state index < -0.39 is 5.97 Å². The molecule has 2 aromatic carbocycles. The van der Waals surface area contributed by atoms with Crippen molar-refractivity contribution < 1.29 is 14.3 Å². The van der Waals surface area contributed by atoms with Gasteiger partial charge in [0.05, 0.1) is 16.8 Å². The normalized spacial score (nSPS) is 13.6. The maximum absolute atomic E-state index is 12.4. The van der Waals surface area contributed by atoms with Crippen molar-refractivity contribution in [2.24, 2.45) is 0 Å². The summed E-state index contributed by atoms with van der Waals surface area (Å²) in [5.74, 6) is 0.183. The lowest BCUT2D eigenvalue weighted by Crippen LogP contribution is -2.11. The van der Waals surface area contributed by atoms with Crippen molar-refractivity contribution in [1.82, 2.24) is 4.98 Å². The van der Waals surface area contributed by atoms with Crippen LogP contribution < -0.4 is 5.32 Å². The van der Waals surface area contributed by atoms with Crippen LogP contribution >= 0.6 is 23.4 Å². The number of pyridine rings is 1. The highest BCUT2D eigenvalue weighted by Gasteiger charge is 2.17. The van der Waals surface area contributed by atoms with E-state index in [0.29, 0.717) is 28.4 Å². The van der Waals surface area contributed by atoms with Crippen LogP contribution in [-0.2, 0) is 16.1 Å². The number of anilines is 1. The Hall–Kier alpha value is -2.57. The van der Waals surface area contributed by atoms with Crippen LogP contribution in [0.2, 0.25) is 5.15 Å². The maximum atomic E-state index is 12.4. The summed E-state index contributed by atoms with van der Waals surface area (Å²) >= 11 is 7.79.